The van der Waals surface area contributed by atoms with Crippen LogP contribution in [0.4, 0.5) is 0 Å². The molecule has 0 bridgehead atoms. The van der Waals surface area contributed by atoms with Crippen LogP contribution in [0.5, 0.6) is 0 Å². The maximum Gasteiger partial charge on any atom is 0.246 e. The van der Waals surface area contributed by atoms with Crippen molar-refractivity contribution in [3.63, 3.8) is 0 Å². The maximum atomic E-state index is 13.0. The zero-order valence-electron chi connectivity index (χ0n) is 13.9. The summed E-state index contributed by atoms with van der Waals surface area (Å²) in [6.45, 7) is 5.57. The molecule has 1 atom stereocenters. The summed E-state index contributed by atoms with van der Waals surface area (Å²) in [6, 6.07) is 3.51. The number of hydrogen-bond acceptors (Lipinski definition) is 4. The van der Waals surface area contributed by atoms with Gasteiger partial charge in [0.1, 0.15) is 4.90 Å². The molecule has 0 aromatic heterocycles. The molecule has 2 saturated heterocycles. The van der Waals surface area contributed by atoms with Gasteiger partial charge in [-0.1, -0.05) is 39.1 Å². The van der Waals surface area contributed by atoms with Crippen LogP contribution in [0.1, 0.15) is 19.8 Å². The second-order valence-electron chi connectivity index (χ2n) is 6.51. The molecule has 1 aromatic rings. The number of rotatable bonds is 3. The first-order valence-electron chi connectivity index (χ1n) is 8.29. The summed E-state index contributed by atoms with van der Waals surface area (Å²) in [6.07, 6.45) is 1.84. The first-order valence-corrected chi connectivity index (χ1v) is 11.3. The van der Waals surface area contributed by atoms with Crippen molar-refractivity contribution in [2.45, 2.75) is 36.8 Å². The lowest BCUT2D eigenvalue weighted by Gasteiger charge is -2.41. The van der Waals surface area contributed by atoms with E-state index in [1.54, 1.807) is 12.1 Å². The van der Waals surface area contributed by atoms with Gasteiger partial charge in [-0.3, -0.25) is 4.90 Å². The Hall–Kier alpha value is 0.110. The van der Waals surface area contributed by atoms with E-state index in [2.05, 4.69) is 27.8 Å². The molecule has 2 aliphatic heterocycles. The first-order chi connectivity index (χ1) is 11.8. The Labute approximate surface area is 167 Å². The molecule has 9 heteroatoms. The van der Waals surface area contributed by atoms with Crippen LogP contribution in [0.15, 0.2) is 21.5 Å². The zero-order chi connectivity index (χ0) is 18.2. The van der Waals surface area contributed by atoms with Crippen LogP contribution in [0.3, 0.4) is 0 Å². The van der Waals surface area contributed by atoms with E-state index < -0.39 is 10.0 Å². The second-order valence-corrected chi connectivity index (χ2v) is 10.1. The van der Waals surface area contributed by atoms with E-state index in [4.69, 9.17) is 27.9 Å². The van der Waals surface area contributed by atoms with E-state index in [1.165, 1.54) is 4.31 Å². The molecule has 3 rings (SSSR count). The molecule has 1 unspecified atom stereocenters. The lowest BCUT2D eigenvalue weighted by molar-refractivity contribution is -0.0406. The van der Waals surface area contributed by atoms with Gasteiger partial charge >= 0.3 is 0 Å². The van der Waals surface area contributed by atoms with Crippen molar-refractivity contribution in [1.29, 1.82) is 0 Å². The number of piperidine rings is 1. The molecular weight excluding hydrogens is 451 g/mol. The van der Waals surface area contributed by atoms with Crippen LogP contribution in [0, 0.1) is 0 Å². The molecule has 0 aliphatic carbocycles. The number of ether oxygens (including phenoxy) is 1. The van der Waals surface area contributed by atoms with Gasteiger partial charge in [0, 0.05) is 36.7 Å². The topological polar surface area (TPSA) is 49.9 Å². The highest BCUT2D eigenvalue weighted by Gasteiger charge is 2.35. The smallest absolute Gasteiger partial charge is 0.246 e. The van der Waals surface area contributed by atoms with Crippen molar-refractivity contribution in [3.05, 3.63) is 26.7 Å². The fourth-order valence-electron chi connectivity index (χ4n) is 3.53. The van der Waals surface area contributed by atoms with Gasteiger partial charge in [0.2, 0.25) is 10.0 Å². The summed E-state index contributed by atoms with van der Waals surface area (Å²) in [5, 5.41) is 0.284. The van der Waals surface area contributed by atoms with Gasteiger partial charge in [0.15, 0.2) is 0 Å². The number of morpholine rings is 1. The van der Waals surface area contributed by atoms with Gasteiger partial charge in [0.05, 0.1) is 22.8 Å². The predicted octanol–water partition coefficient (Wildman–Crippen LogP) is 3.63. The molecule has 0 spiro atoms. The minimum Gasteiger partial charge on any atom is -0.376 e. The fraction of sp³-hybridized carbons (Fsp3) is 0.625. The van der Waals surface area contributed by atoms with Crippen LogP contribution in [0.25, 0.3) is 0 Å². The molecule has 2 heterocycles. The number of nitrogens with zero attached hydrogens (tertiary/aromatic N) is 2. The Morgan fingerprint density at radius 1 is 1.16 bits per heavy atom. The molecule has 25 heavy (non-hydrogen) atoms. The van der Waals surface area contributed by atoms with E-state index in [9.17, 15) is 8.42 Å². The number of hydrogen-bond donors (Lipinski definition) is 0. The predicted molar refractivity (Wildman–Crippen MR) is 103 cm³/mol. The molecule has 140 valence electrons. The van der Waals surface area contributed by atoms with Crippen molar-refractivity contribution in [3.8, 4) is 0 Å². The molecular formula is C16H21BrCl2N2O3S. The Morgan fingerprint density at radius 2 is 1.76 bits per heavy atom. The third-order valence-electron chi connectivity index (χ3n) is 4.77. The monoisotopic (exact) mass is 470 g/mol. The maximum absolute atomic E-state index is 13.0. The third-order valence-corrected chi connectivity index (χ3v) is 8.05. The zero-order valence-corrected chi connectivity index (χ0v) is 17.8. The normalized spacial score (nSPS) is 24.6. The molecule has 0 saturated carbocycles. The van der Waals surface area contributed by atoms with E-state index in [0.29, 0.717) is 23.6 Å². The molecule has 5 nitrogen and oxygen atoms in total. The molecule has 2 aliphatic rings. The average molecular weight is 472 g/mol. The molecule has 0 radical (unpaired) electrons. The summed E-state index contributed by atoms with van der Waals surface area (Å²) in [5.41, 5.74) is 0. The fourth-order valence-corrected chi connectivity index (χ4v) is 6.88. The molecule has 2 fully saturated rings. The van der Waals surface area contributed by atoms with E-state index >= 15 is 0 Å². The van der Waals surface area contributed by atoms with Crippen LogP contribution >= 0.6 is 39.1 Å². The third kappa shape index (κ3) is 4.34. The van der Waals surface area contributed by atoms with E-state index in [-0.39, 0.29) is 21.0 Å². The highest BCUT2D eigenvalue weighted by atomic mass is 79.9. The summed E-state index contributed by atoms with van der Waals surface area (Å²) in [7, 11) is -3.70. The minimum atomic E-state index is -3.70. The van der Waals surface area contributed by atoms with Gasteiger partial charge in [-0.05, 0) is 31.9 Å². The average Bonchev–Trinajstić information content (AvgIpc) is 2.53. The van der Waals surface area contributed by atoms with Crippen molar-refractivity contribution in [2.75, 3.05) is 32.8 Å². The van der Waals surface area contributed by atoms with Crippen molar-refractivity contribution < 1.29 is 13.2 Å². The lowest BCUT2D eigenvalue weighted by Crippen LogP contribution is -2.51. The Kier molecular flexibility index (Phi) is 6.36. The van der Waals surface area contributed by atoms with Crippen LogP contribution in [-0.4, -0.2) is 62.6 Å². The van der Waals surface area contributed by atoms with Crippen molar-refractivity contribution in [2.24, 2.45) is 0 Å². The number of sulfonamides is 1. The van der Waals surface area contributed by atoms with Gasteiger partial charge in [-0.25, -0.2) is 8.42 Å². The van der Waals surface area contributed by atoms with E-state index in [1.807, 2.05) is 0 Å². The lowest BCUT2D eigenvalue weighted by atomic mass is 10.0. The Morgan fingerprint density at radius 3 is 2.32 bits per heavy atom. The molecule has 1 aromatic carbocycles. The molecule has 0 N–H and O–H groups in total. The number of halogens is 3. The largest absolute Gasteiger partial charge is 0.376 e. The second kappa shape index (κ2) is 8.00. The highest BCUT2D eigenvalue weighted by Crippen LogP contribution is 2.35. The number of benzene rings is 1. The summed E-state index contributed by atoms with van der Waals surface area (Å²) in [4.78, 5) is 2.41. The van der Waals surface area contributed by atoms with E-state index in [0.717, 1.165) is 32.5 Å². The van der Waals surface area contributed by atoms with Crippen molar-refractivity contribution in [1.82, 2.24) is 9.21 Å². The summed E-state index contributed by atoms with van der Waals surface area (Å²) >= 11 is 15.6. The molecule has 0 amide bonds. The van der Waals surface area contributed by atoms with Gasteiger partial charge in [-0.2, -0.15) is 4.31 Å². The van der Waals surface area contributed by atoms with Gasteiger partial charge < -0.3 is 4.74 Å². The first kappa shape index (κ1) is 19.9. The van der Waals surface area contributed by atoms with Crippen LogP contribution in [0.2, 0.25) is 10.0 Å². The minimum absolute atomic E-state index is 0.00234. The van der Waals surface area contributed by atoms with Gasteiger partial charge in [-0.15, -0.1) is 0 Å². The quantitative estimate of drug-likeness (QED) is 0.675. The summed E-state index contributed by atoms with van der Waals surface area (Å²) in [5.74, 6) is 0. The van der Waals surface area contributed by atoms with Crippen LogP contribution < -0.4 is 0 Å². The Bertz CT molecular complexity index is 716. The van der Waals surface area contributed by atoms with Gasteiger partial charge in [0.25, 0.3) is 0 Å². The van der Waals surface area contributed by atoms with Crippen LogP contribution in [-0.2, 0) is 14.8 Å². The standard InChI is InChI=1S/C16H21BrCl2N2O3S/c1-11-10-20(6-7-24-11)13-2-4-21(5-3-13)25(22,23)16-14(18)8-12(17)9-15(16)19/h8-9,11,13H,2-7,10H2,1H3. The van der Waals surface area contributed by atoms with Crippen molar-refractivity contribution >= 4 is 49.2 Å². The highest BCUT2D eigenvalue weighted by molar-refractivity contribution is 9.10. The Balaban J connectivity index is 1.72. The SMILES string of the molecule is CC1CN(C2CCN(S(=O)(=O)c3c(Cl)cc(Br)cc3Cl)CC2)CCO1. The summed E-state index contributed by atoms with van der Waals surface area (Å²) < 4.78 is 33.7.